The molecule has 1 aliphatic heterocycles. The van der Waals surface area contributed by atoms with Crippen LogP contribution in [0.25, 0.3) is 0 Å². The van der Waals surface area contributed by atoms with Crippen molar-refractivity contribution < 1.29 is 13.2 Å². The zero-order chi connectivity index (χ0) is 12.1. The Morgan fingerprint density at radius 3 is 2.12 bits per heavy atom. The monoisotopic (exact) mass is 243 g/mol. The molecule has 6 heteroatoms. The molecule has 1 aromatic heterocycles. The average molecular weight is 243 g/mol. The molecule has 92 valence electrons. The van der Waals surface area contributed by atoms with Crippen molar-refractivity contribution in [1.82, 2.24) is 9.97 Å². The van der Waals surface area contributed by atoms with Gasteiger partial charge in [0.1, 0.15) is 0 Å². The van der Waals surface area contributed by atoms with Gasteiger partial charge in [-0.15, -0.1) is 0 Å². The normalized spacial score (nSPS) is 25.0. The van der Waals surface area contributed by atoms with Crippen LogP contribution in [0.5, 0.6) is 0 Å². The highest BCUT2D eigenvalue weighted by Gasteiger charge is 2.70. The summed E-state index contributed by atoms with van der Waals surface area (Å²) in [5.74, 6) is -2.55. The van der Waals surface area contributed by atoms with Gasteiger partial charge < -0.3 is 4.90 Å². The van der Waals surface area contributed by atoms with Gasteiger partial charge in [0, 0.05) is 24.9 Å². The van der Waals surface area contributed by atoms with Crippen molar-refractivity contribution in [2.45, 2.75) is 25.2 Å². The van der Waals surface area contributed by atoms with E-state index in [1.165, 1.54) is 0 Å². The number of nitrogens with zero attached hydrogens (tertiary/aromatic N) is 3. The van der Waals surface area contributed by atoms with Crippen LogP contribution in [0.4, 0.5) is 19.1 Å². The summed E-state index contributed by atoms with van der Waals surface area (Å²) in [6.07, 6.45) is 3.12. The van der Waals surface area contributed by atoms with E-state index in [1.807, 2.05) is 4.90 Å². The Morgan fingerprint density at radius 2 is 1.65 bits per heavy atom. The van der Waals surface area contributed by atoms with Gasteiger partial charge in [0.25, 0.3) is 5.92 Å². The number of piperidine rings is 1. The van der Waals surface area contributed by atoms with Crippen LogP contribution in [0.3, 0.4) is 0 Å². The van der Waals surface area contributed by atoms with Crippen LogP contribution in [0, 0.1) is 11.2 Å². The smallest absolute Gasteiger partial charge is 0.254 e. The van der Waals surface area contributed by atoms with Crippen LogP contribution in [0.1, 0.15) is 19.3 Å². The van der Waals surface area contributed by atoms with E-state index in [9.17, 15) is 13.2 Å². The molecular formula is C11H12F3N3. The average Bonchev–Trinajstić information content (AvgIpc) is 2.82. The van der Waals surface area contributed by atoms with E-state index in [1.54, 1.807) is 0 Å². The SMILES string of the molecule is Fc1cnc(N2CCC3(CC2)CC3(F)F)nc1. The Bertz CT molecular complexity index is 424. The first-order valence-corrected chi connectivity index (χ1v) is 5.63. The van der Waals surface area contributed by atoms with Crippen LogP contribution in [0.2, 0.25) is 0 Å². The van der Waals surface area contributed by atoms with Crippen molar-refractivity contribution in [1.29, 1.82) is 0 Å². The van der Waals surface area contributed by atoms with Crippen molar-refractivity contribution in [2.24, 2.45) is 5.41 Å². The Balaban J connectivity index is 1.68. The number of halogens is 3. The first kappa shape index (κ1) is 10.8. The van der Waals surface area contributed by atoms with E-state index >= 15 is 0 Å². The van der Waals surface area contributed by atoms with E-state index in [-0.39, 0.29) is 6.42 Å². The zero-order valence-corrected chi connectivity index (χ0v) is 9.17. The molecule has 2 fully saturated rings. The van der Waals surface area contributed by atoms with Gasteiger partial charge in [-0.05, 0) is 12.8 Å². The summed E-state index contributed by atoms with van der Waals surface area (Å²) in [5.41, 5.74) is -0.774. The fourth-order valence-electron chi connectivity index (χ4n) is 2.53. The van der Waals surface area contributed by atoms with Gasteiger partial charge in [0.15, 0.2) is 5.82 Å². The van der Waals surface area contributed by atoms with E-state index in [0.717, 1.165) is 12.4 Å². The molecule has 3 nitrogen and oxygen atoms in total. The number of rotatable bonds is 1. The van der Waals surface area contributed by atoms with Crippen molar-refractivity contribution in [3.05, 3.63) is 18.2 Å². The topological polar surface area (TPSA) is 29.0 Å². The summed E-state index contributed by atoms with van der Waals surface area (Å²) in [6, 6.07) is 0. The number of hydrogen-bond donors (Lipinski definition) is 0. The molecule has 1 aliphatic carbocycles. The van der Waals surface area contributed by atoms with Gasteiger partial charge in [0.2, 0.25) is 5.95 Å². The summed E-state index contributed by atoms with van der Waals surface area (Å²) >= 11 is 0. The van der Waals surface area contributed by atoms with Crippen molar-refractivity contribution in [2.75, 3.05) is 18.0 Å². The van der Waals surface area contributed by atoms with Gasteiger partial charge in [-0.2, -0.15) is 0 Å². The summed E-state index contributed by atoms with van der Waals surface area (Å²) in [7, 11) is 0. The Kier molecular flexibility index (Phi) is 2.12. The van der Waals surface area contributed by atoms with Gasteiger partial charge in [-0.3, -0.25) is 0 Å². The molecule has 1 saturated carbocycles. The molecule has 1 spiro atoms. The van der Waals surface area contributed by atoms with E-state index in [4.69, 9.17) is 0 Å². The predicted octanol–water partition coefficient (Wildman–Crippen LogP) is 2.24. The Morgan fingerprint density at radius 1 is 1.12 bits per heavy atom. The third kappa shape index (κ3) is 1.66. The van der Waals surface area contributed by atoms with Gasteiger partial charge in [-0.1, -0.05) is 0 Å². The molecule has 0 aromatic carbocycles. The molecule has 3 rings (SSSR count). The third-order valence-electron chi connectivity index (χ3n) is 3.82. The van der Waals surface area contributed by atoms with Gasteiger partial charge in [0.05, 0.1) is 12.4 Å². The van der Waals surface area contributed by atoms with Crippen LogP contribution in [0.15, 0.2) is 12.4 Å². The maximum absolute atomic E-state index is 13.2. The molecule has 17 heavy (non-hydrogen) atoms. The lowest BCUT2D eigenvalue weighted by Gasteiger charge is -2.32. The highest BCUT2D eigenvalue weighted by molar-refractivity contribution is 5.31. The second-order valence-electron chi connectivity index (χ2n) is 4.85. The first-order valence-electron chi connectivity index (χ1n) is 5.63. The van der Waals surface area contributed by atoms with E-state index < -0.39 is 17.2 Å². The van der Waals surface area contributed by atoms with Crippen molar-refractivity contribution in [3.63, 3.8) is 0 Å². The minimum atomic E-state index is -2.48. The lowest BCUT2D eigenvalue weighted by molar-refractivity contribution is 0.0536. The quantitative estimate of drug-likeness (QED) is 0.757. The Labute approximate surface area is 96.7 Å². The molecule has 0 N–H and O–H groups in total. The zero-order valence-electron chi connectivity index (χ0n) is 9.17. The highest BCUT2D eigenvalue weighted by Crippen LogP contribution is 2.65. The minimum absolute atomic E-state index is 0.0120. The maximum atomic E-state index is 13.2. The molecule has 2 heterocycles. The minimum Gasteiger partial charge on any atom is -0.341 e. The fourth-order valence-corrected chi connectivity index (χ4v) is 2.53. The maximum Gasteiger partial charge on any atom is 0.254 e. The number of aromatic nitrogens is 2. The first-order chi connectivity index (χ1) is 8.02. The number of hydrogen-bond acceptors (Lipinski definition) is 3. The second-order valence-corrected chi connectivity index (χ2v) is 4.85. The standard InChI is InChI=1S/C11H12F3N3/c12-8-5-15-9(16-6-8)17-3-1-10(2-4-17)7-11(10,13)14/h5-6H,1-4,7H2. The van der Waals surface area contributed by atoms with Gasteiger partial charge in [-0.25, -0.2) is 23.1 Å². The second kappa shape index (κ2) is 3.34. The summed E-state index contributed by atoms with van der Waals surface area (Å²) in [4.78, 5) is 9.55. The molecule has 1 saturated heterocycles. The molecule has 2 aliphatic rings. The van der Waals surface area contributed by atoms with Crippen LogP contribution < -0.4 is 4.90 Å². The third-order valence-corrected chi connectivity index (χ3v) is 3.82. The Hall–Kier alpha value is -1.33. The van der Waals surface area contributed by atoms with Crippen LogP contribution >= 0.6 is 0 Å². The van der Waals surface area contributed by atoms with Crippen LogP contribution in [-0.4, -0.2) is 29.0 Å². The molecule has 1 aromatic rings. The van der Waals surface area contributed by atoms with Crippen LogP contribution in [-0.2, 0) is 0 Å². The molecular weight excluding hydrogens is 231 g/mol. The lowest BCUT2D eigenvalue weighted by Crippen LogP contribution is -2.37. The predicted molar refractivity (Wildman–Crippen MR) is 55.4 cm³/mol. The molecule has 0 amide bonds. The number of anilines is 1. The lowest BCUT2D eigenvalue weighted by atomic mass is 9.93. The molecule has 0 radical (unpaired) electrons. The van der Waals surface area contributed by atoms with Gasteiger partial charge >= 0.3 is 0 Å². The van der Waals surface area contributed by atoms with Crippen molar-refractivity contribution >= 4 is 5.95 Å². The summed E-state index contributed by atoms with van der Waals surface area (Å²) in [6.45, 7) is 1.03. The molecule has 0 unspecified atom stereocenters. The highest BCUT2D eigenvalue weighted by atomic mass is 19.3. The largest absolute Gasteiger partial charge is 0.341 e. The number of alkyl halides is 2. The van der Waals surface area contributed by atoms with E-state index in [2.05, 4.69) is 9.97 Å². The molecule has 0 atom stereocenters. The van der Waals surface area contributed by atoms with E-state index in [0.29, 0.717) is 31.9 Å². The van der Waals surface area contributed by atoms with Crippen molar-refractivity contribution in [3.8, 4) is 0 Å². The summed E-state index contributed by atoms with van der Waals surface area (Å²) < 4.78 is 39.0. The molecule has 0 bridgehead atoms. The summed E-state index contributed by atoms with van der Waals surface area (Å²) in [5, 5.41) is 0. The fraction of sp³-hybridized carbons (Fsp3) is 0.636.